The van der Waals surface area contributed by atoms with Gasteiger partial charge in [0.2, 0.25) is 0 Å². The van der Waals surface area contributed by atoms with E-state index in [1.807, 2.05) is 84.9 Å². The molecular formula is C48H30O. The highest BCUT2D eigenvalue weighted by Crippen LogP contribution is 2.48. The van der Waals surface area contributed by atoms with Crippen molar-refractivity contribution in [2.75, 3.05) is 0 Å². The van der Waals surface area contributed by atoms with Crippen molar-refractivity contribution >= 4 is 54.3 Å². The van der Waals surface area contributed by atoms with Crippen molar-refractivity contribution in [2.45, 2.75) is 0 Å². The summed E-state index contributed by atoms with van der Waals surface area (Å²) in [7, 11) is 0. The van der Waals surface area contributed by atoms with Crippen LogP contribution in [0.15, 0.2) is 186 Å². The zero-order valence-corrected chi connectivity index (χ0v) is 25.9. The molecule has 0 aliphatic heterocycles. The van der Waals surface area contributed by atoms with Gasteiger partial charge in [-0.3, -0.25) is 0 Å². The zero-order chi connectivity index (χ0) is 41.9. The molecule has 0 spiro atoms. The Bertz CT molecular complexity index is 3420. The second-order valence-electron chi connectivity index (χ2n) is 11.9. The Labute approximate surface area is 299 Å². The molecule has 0 atom stereocenters. The van der Waals surface area contributed by atoms with Gasteiger partial charge in [0.1, 0.15) is 11.2 Å². The maximum absolute atomic E-state index is 9.71. The second kappa shape index (κ2) is 11.1. The molecule has 1 aromatic heterocycles. The van der Waals surface area contributed by atoms with Crippen LogP contribution >= 0.6 is 0 Å². The molecule has 1 heterocycles. The highest BCUT2D eigenvalue weighted by Gasteiger charge is 2.21. The number of furan rings is 1. The van der Waals surface area contributed by atoms with E-state index in [1.54, 1.807) is 0 Å². The van der Waals surface area contributed by atoms with Crippen molar-refractivity contribution in [3.63, 3.8) is 0 Å². The summed E-state index contributed by atoms with van der Waals surface area (Å²) in [6.07, 6.45) is 0. The summed E-state index contributed by atoms with van der Waals surface area (Å²) in [5.41, 5.74) is 5.07. The smallest absolute Gasteiger partial charge is 0.136 e. The molecule has 0 N–H and O–H groups in total. The molecule has 10 rings (SSSR count). The van der Waals surface area contributed by atoms with Gasteiger partial charge in [0.05, 0.1) is 15.1 Å². The lowest BCUT2D eigenvalue weighted by atomic mass is 9.83. The van der Waals surface area contributed by atoms with Gasteiger partial charge >= 0.3 is 0 Å². The van der Waals surface area contributed by atoms with Gasteiger partial charge in [0.25, 0.3) is 0 Å². The lowest BCUT2D eigenvalue weighted by Crippen LogP contribution is -1.92. The van der Waals surface area contributed by atoms with E-state index in [0.717, 1.165) is 49.4 Å². The molecule has 1 heteroatoms. The van der Waals surface area contributed by atoms with Gasteiger partial charge in [-0.15, -0.1) is 0 Å². The molecule has 0 saturated heterocycles. The highest BCUT2D eigenvalue weighted by molar-refractivity contribution is 6.27. The number of hydrogen-bond acceptors (Lipinski definition) is 1. The first-order chi connectivity index (χ1) is 28.9. The fourth-order valence-corrected chi connectivity index (χ4v) is 7.22. The Kier molecular flexibility index (Phi) is 4.25. The molecule has 0 unspecified atom stereocenters. The summed E-state index contributed by atoms with van der Waals surface area (Å²) < 4.78 is 104. The minimum absolute atomic E-state index is 0.0671. The van der Waals surface area contributed by atoms with E-state index in [1.165, 1.54) is 0 Å². The fourth-order valence-electron chi connectivity index (χ4n) is 7.22. The van der Waals surface area contributed by atoms with Crippen LogP contribution in [0.4, 0.5) is 0 Å². The fraction of sp³-hybridized carbons (Fsp3) is 0. The third kappa shape index (κ3) is 4.33. The monoisotopic (exact) mass is 633 g/mol. The van der Waals surface area contributed by atoms with Gasteiger partial charge in [-0.2, -0.15) is 0 Å². The summed E-state index contributed by atoms with van der Waals surface area (Å²) in [6.45, 7) is 0. The standard InChI is InChI=1S/C48H30O/c1-3-14-31(15-4-1)33-26-27-42-45(30-33)49-44-25-13-24-43(48(42)44)47-39-22-11-9-20-37(39)46(38-21-10-12-23-40(38)47)41-29-28-34(32-16-5-2-6-17-32)35-18-7-8-19-36(35)41/h1-30H/i2D,5D,6D,7D,8D,16D,17D,18D,19D,28D,29D. The molecule has 0 bridgehead atoms. The van der Waals surface area contributed by atoms with Crippen LogP contribution in [-0.4, -0.2) is 0 Å². The van der Waals surface area contributed by atoms with Crippen LogP contribution in [0.1, 0.15) is 15.1 Å². The van der Waals surface area contributed by atoms with Gasteiger partial charge < -0.3 is 4.42 Å². The van der Waals surface area contributed by atoms with Gasteiger partial charge in [-0.05, 0) is 95.0 Å². The van der Waals surface area contributed by atoms with Gasteiger partial charge in [0.15, 0.2) is 0 Å². The predicted octanol–water partition coefficient (Wildman–Crippen LogP) is 13.7. The van der Waals surface area contributed by atoms with E-state index >= 15 is 0 Å². The number of rotatable bonds is 4. The number of fused-ring (bicyclic) bond motifs is 6. The molecule has 0 radical (unpaired) electrons. The van der Waals surface area contributed by atoms with E-state index in [2.05, 4.69) is 30.3 Å². The quantitative estimate of drug-likeness (QED) is 0.176. The summed E-state index contributed by atoms with van der Waals surface area (Å²) in [5.74, 6) is 0. The average molecular weight is 634 g/mol. The Morgan fingerprint density at radius 2 is 0.939 bits per heavy atom. The van der Waals surface area contributed by atoms with E-state index in [-0.39, 0.29) is 21.9 Å². The first-order valence-corrected chi connectivity index (χ1v) is 16.0. The molecule has 9 aromatic carbocycles. The molecule has 0 saturated carbocycles. The van der Waals surface area contributed by atoms with E-state index in [9.17, 15) is 5.48 Å². The number of benzene rings is 9. The van der Waals surface area contributed by atoms with Gasteiger partial charge in [0, 0.05) is 10.8 Å². The molecule has 0 aliphatic rings. The molecule has 10 aromatic rings. The molecule has 228 valence electrons. The van der Waals surface area contributed by atoms with E-state index in [0.29, 0.717) is 21.9 Å². The molecule has 1 nitrogen and oxygen atoms in total. The largest absolute Gasteiger partial charge is 0.456 e. The van der Waals surface area contributed by atoms with Crippen molar-refractivity contribution in [2.24, 2.45) is 0 Å². The van der Waals surface area contributed by atoms with Crippen LogP contribution in [0.25, 0.3) is 98.8 Å². The van der Waals surface area contributed by atoms with Crippen LogP contribution in [-0.2, 0) is 0 Å². The second-order valence-corrected chi connectivity index (χ2v) is 11.9. The topological polar surface area (TPSA) is 13.1 Å². The lowest BCUT2D eigenvalue weighted by molar-refractivity contribution is 0.669. The predicted molar refractivity (Wildman–Crippen MR) is 208 cm³/mol. The maximum Gasteiger partial charge on any atom is 0.136 e. The zero-order valence-electron chi connectivity index (χ0n) is 36.9. The summed E-state index contributed by atoms with van der Waals surface area (Å²) in [5, 5.41) is 4.40. The molecular weight excluding hydrogens is 593 g/mol. The lowest BCUT2D eigenvalue weighted by Gasteiger charge is -2.20. The van der Waals surface area contributed by atoms with Crippen molar-refractivity contribution in [3.05, 3.63) is 182 Å². The first-order valence-electron chi connectivity index (χ1n) is 21.5. The van der Waals surface area contributed by atoms with E-state index in [4.69, 9.17) is 14.0 Å². The van der Waals surface area contributed by atoms with E-state index < -0.39 is 72.0 Å². The molecule has 0 aliphatic carbocycles. The molecule has 0 fully saturated rings. The third-order valence-corrected chi connectivity index (χ3v) is 9.31. The Morgan fingerprint density at radius 1 is 0.347 bits per heavy atom. The normalized spacial score (nSPS) is 14.8. The van der Waals surface area contributed by atoms with Crippen molar-refractivity contribution in [1.29, 1.82) is 0 Å². The minimum Gasteiger partial charge on any atom is -0.456 e. The number of hydrogen-bond donors (Lipinski definition) is 0. The van der Waals surface area contributed by atoms with Gasteiger partial charge in [-0.1, -0.05) is 164 Å². The van der Waals surface area contributed by atoms with Gasteiger partial charge in [-0.25, -0.2) is 0 Å². The third-order valence-electron chi connectivity index (χ3n) is 9.31. The van der Waals surface area contributed by atoms with Crippen molar-refractivity contribution in [3.8, 4) is 44.5 Å². The Morgan fingerprint density at radius 3 is 1.63 bits per heavy atom. The maximum atomic E-state index is 9.71. The van der Waals surface area contributed by atoms with Crippen molar-refractivity contribution in [1.82, 2.24) is 0 Å². The van der Waals surface area contributed by atoms with Crippen LogP contribution in [0, 0.1) is 0 Å². The Hall–Kier alpha value is -6.44. The molecule has 0 amide bonds. The first kappa shape index (κ1) is 18.8. The summed E-state index contributed by atoms with van der Waals surface area (Å²) in [4.78, 5) is 0. The average Bonchev–Trinajstić information content (AvgIpc) is 3.65. The van der Waals surface area contributed by atoms with Crippen LogP contribution in [0.2, 0.25) is 0 Å². The minimum atomic E-state index is -0.667. The van der Waals surface area contributed by atoms with Crippen LogP contribution in [0.5, 0.6) is 0 Å². The SMILES string of the molecule is [2H]c1c([2H])c([2H])c(-c2c([2H])c([2H])c(-c3c4ccccc4c(-c4cccc5oc6cc(-c7ccccc7)ccc6c45)c4ccccc34)c3c([2H])c([2H])c([2H])c([2H])c23)c([2H])c1[2H]. The van der Waals surface area contributed by atoms with Crippen molar-refractivity contribution < 1.29 is 19.5 Å². The van der Waals surface area contributed by atoms with Crippen LogP contribution < -0.4 is 0 Å². The van der Waals surface area contributed by atoms with Crippen LogP contribution in [0.3, 0.4) is 0 Å². The Balaban J connectivity index is 1.35. The summed E-state index contributed by atoms with van der Waals surface area (Å²) in [6, 6.07) is 31.0. The summed E-state index contributed by atoms with van der Waals surface area (Å²) >= 11 is 0. The molecule has 49 heavy (non-hydrogen) atoms. The highest BCUT2D eigenvalue weighted by atomic mass is 16.3.